The van der Waals surface area contributed by atoms with Gasteiger partial charge in [0.05, 0.1) is 32.0 Å². The van der Waals surface area contributed by atoms with E-state index in [1.807, 2.05) is 24.3 Å². The standard InChI is InChI=1S/C28H30N2O2/c1-21-16-24(23-10-8-22(18-29)9-11-23)17-25(27(21)31-2)19-32-20-28(12-14-30-15-13-28)26-6-4-3-5-7-26/h3-11,16-17,30H,12-15,19-20H2,1-2H3. The van der Waals surface area contributed by atoms with Crippen LogP contribution in [0.25, 0.3) is 11.1 Å². The number of benzene rings is 3. The summed E-state index contributed by atoms with van der Waals surface area (Å²) in [6, 6.07) is 24.9. The molecule has 0 amide bonds. The maximum absolute atomic E-state index is 9.08. The van der Waals surface area contributed by atoms with Gasteiger partial charge in [-0.1, -0.05) is 42.5 Å². The van der Waals surface area contributed by atoms with Gasteiger partial charge in [0.1, 0.15) is 5.75 Å². The summed E-state index contributed by atoms with van der Waals surface area (Å²) in [5, 5.41) is 12.6. The van der Waals surface area contributed by atoms with Crippen LogP contribution < -0.4 is 10.1 Å². The molecule has 1 fully saturated rings. The molecular weight excluding hydrogens is 396 g/mol. The number of nitriles is 1. The Morgan fingerprint density at radius 3 is 2.34 bits per heavy atom. The molecule has 0 spiro atoms. The van der Waals surface area contributed by atoms with E-state index in [2.05, 4.69) is 60.8 Å². The first-order chi connectivity index (χ1) is 15.6. The van der Waals surface area contributed by atoms with Crippen LogP contribution in [0.4, 0.5) is 0 Å². The van der Waals surface area contributed by atoms with Crippen molar-refractivity contribution in [2.45, 2.75) is 31.8 Å². The summed E-state index contributed by atoms with van der Waals surface area (Å²) in [6.07, 6.45) is 2.14. The van der Waals surface area contributed by atoms with Crippen molar-refractivity contribution >= 4 is 0 Å². The zero-order valence-corrected chi connectivity index (χ0v) is 18.9. The quantitative estimate of drug-likeness (QED) is 0.551. The lowest BCUT2D eigenvalue weighted by atomic mass is 9.74. The van der Waals surface area contributed by atoms with Gasteiger partial charge in [-0.15, -0.1) is 0 Å². The first-order valence-electron chi connectivity index (χ1n) is 11.2. The van der Waals surface area contributed by atoms with Gasteiger partial charge in [0.2, 0.25) is 0 Å². The van der Waals surface area contributed by atoms with Crippen molar-refractivity contribution in [2.75, 3.05) is 26.8 Å². The SMILES string of the molecule is COc1c(C)cc(-c2ccc(C#N)cc2)cc1COCC1(c2ccccc2)CCNCC1. The minimum atomic E-state index is 0.0412. The van der Waals surface area contributed by atoms with E-state index in [1.54, 1.807) is 7.11 Å². The Balaban J connectivity index is 1.56. The van der Waals surface area contributed by atoms with E-state index in [0.29, 0.717) is 18.8 Å². The Morgan fingerprint density at radius 2 is 1.69 bits per heavy atom. The third-order valence-corrected chi connectivity index (χ3v) is 6.49. The van der Waals surface area contributed by atoms with E-state index < -0.39 is 0 Å². The molecule has 3 aromatic rings. The zero-order chi connectivity index (χ0) is 22.4. The van der Waals surface area contributed by atoms with E-state index in [4.69, 9.17) is 14.7 Å². The first-order valence-corrected chi connectivity index (χ1v) is 11.2. The summed E-state index contributed by atoms with van der Waals surface area (Å²) < 4.78 is 12.1. The average Bonchev–Trinajstić information content (AvgIpc) is 2.85. The van der Waals surface area contributed by atoms with Gasteiger partial charge in [0.15, 0.2) is 0 Å². The van der Waals surface area contributed by atoms with Gasteiger partial charge in [-0.2, -0.15) is 5.26 Å². The Kier molecular flexibility index (Phi) is 6.90. The van der Waals surface area contributed by atoms with Gasteiger partial charge >= 0.3 is 0 Å². The van der Waals surface area contributed by atoms with Gasteiger partial charge in [-0.05, 0) is 79.4 Å². The Hall–Kier alpha value is -3.13. The van der Waals surface area contributed by atoms with Gasteiger partial charge in [0.25, 0.3) is 0 Å². The third kappa shape index (κ3) is 4.70. The predicted octanol–water partition coefficient (Wildman–Crippen LogP) is 5.38. The number of hydrogen-bond acceptors (Lipinski definition) is 4. The molecular formula is C28H30N2O2. The molecule has 32 heavy (non-hydrogen) atoms. The van der Waals surface area contributed by atoms with Crippen LogP contribution in [0.15, 0.2) is 66.7 Å². The number of ether oxygens (including phenoxy) is 2. The normalized spacial score (nSPS) is 15.2. The van der Waals surface area contributed by atoms with Crippen LogP contribution in [-0.4, -0.2) is 26.8 Å². The minimum Gasteiger partial charge on any atom is -0.496 e. The lowest BCUT2D eigenvalue weighted by molar-refractivity contribution is 0.0555. The van der Waals surface area contributed by atoms with Gasteiger partial charge < -0.3 is 14.8 Å². The largest absolute Gasteiger partial charge is 0.496 e. The van der Waals surface area contributed by atoms with Crippen molar-refractivity contribution in [2.24, 2.45) is 0 Å². The molecule has 1 saturated heterocycles. The fraction of sp³-hybridized carbons (Fsp3) is 0.321. The molecule has 3 aromatic carbocycles. The number of nitrogens with zero attached hydrogens (tertiary/aromatic N) is 1. The number of methoxy groups -OCH3 is 1. The molecule has 1 aliphatic rings. The van der Waals surface area contributed by atoms with Crippen LogP contribution in [0.2, 0.25) is 0 Å². The monoisotopic (exact) mass is 426 g/mol. The summed E-state index contributed by atoms with van der Waals surface area (Å²) >= 11 is 0. The molecule has 0 aromatic heterocycles. The molecule has 1 aliphatic heterocycles. The molecule has 1 heterocycles. The average molecular weight is 427 g/mol. The second kappa shape index (κ2) is 9.99. The lowest BCUT2D eigenvalue weighted by Gasteiger charge is -2.38. The van der Waals surface area contributed by atoms with Gasteiger partial charge in [0, 0.05) is 11.0 Å². The van der Waals surface area contributed by atoms with Crippen LogP contribution in [0, 0.1) is 18.3 Å². The maximum Gasteiger partial charge on any atom is 0.127 e. The van der Waals surface area contributed by atoms with E-state index >= 15 is 0 Å². The second-order valence-corrected chi connectivity index (χ2v) is 8.56. The molecule has 4 rings (SSSR count). The maximum atomic E-state index is 9.08. The van der Waals surface area contributed by atoms with Crippen LogP contribution in [0.1, 0.15) is 35.1 Å². The molecule has 4 heteroatoms. The number of rotatable bonds is 7. The van der Waals surface area contributed by atoms with E-state index in [9.17, 15) is 0 Å². The summed E-state index contributed by atoms with van der Waals surface area (Å²) in [5.41, 5.74) is 6.36. The second-order valence-electron chi connectivity index (χ2n) is 8.56. The van der Waals surface area contributed by atoms with E-state index in [0.717, 1.165) is 53.9 Å². The smallest absolute Gasteiger partial charge is 0.127 e. The zero-order valence-electron chi connectivity index (χ0n) is 18.9. The molecule has 1 N–H and O–H groups in total. The number of hydrogen-bond donors (Lipinski definition) is 1. The topological polar surface area (TPSA) is 54.3 Å². The van der Waals surface area contributed by atoms with Crippen LogP contribution in [0.3, 0.4) is 0 Å². The van der Waals surface area contributed by atoms with Crippen LogP contribution in [-0.2, 0) is 16.8 Å². The number of aryl methyl sites for hydroxylation is 1. The summed E-state index contributed by atoms with van der Waals surface area (Å²) in [6.45, 7) is 5.26. The van der Waals surface area contributed by atoms with E-state index in [1.165, 1.54) is 5.56 Å². The highest BCUT2D eigenvalue weighted by Crippen LogP contribution is 2.35. The number of piperidine rings is 1. The predicted molar refractivity (Wildman–Crippen MR) is 128 cm³/mol. The van der Waals surface area contributed by atoms with Crippen molar-refractivity contribution in [3.63, 3.8) is 0 Å². The first kappa shape index (κ1) is 22.1. The van der Waals surface area contributed by atoms with Crippen molar-refractivity contribution in [1.82, 2.24) is 5.32 Å². The molecule has 0 aliphatic carbocycles. The third-order valence-electron chi connectivity index (χ3n) is 6.49. The molecule has 0 unspecified atom stereocenters. The summed E-state index contributed by atoms with van der Waals surface area (Å²) in [5.74, 6) is 0.876. The molecule has 0 bridgehead atoms. The van der Waals surface area contributed by atoms with Crippen LogP contribution in [0.5, 0.6) is 5.75 Å². The molecule has 0 atom stereocenters. The van der Waals surface area contributed by atoms with Gasteiger partial charge in [-0.25, -0.2) is 0 Å². The summed E-state index contributed by atoms with van der Waals surface area (Å²) in [7, 11) is 1.71. The molecule has 0 radical (unpaired) electrons. The highest BCUT2D eigenvalue weighted by molar-refractivity contribution is 5.68. The highest BCUT2D eigenvalue weighted by Gasteiger charge is 2.34. The van der Waals surface area contributed by atoms with Crippen molar-refractivity contribution in [3.8, 4) is 22.9 Å². The summed E-state index contributed by atoms with van der Waals surface area (Å²) in [4.78, 5) is 0. The van der Waals surface area contributed by atoms with E-state index in [-0.39, 0.29) is 5.41 Å². The molecule has 4 nitrogen and oxygen atoms in total. The van der Waals surface area contributed by atoms with Crippen LogP contribution >= 0.6 is 0 Å². The Bertz CT molecular complexity index is 1080. The fourth-order valence-corrected chi connectivity index (χ4v) is 4.72. The Labute approximate surface area is 190 Å². The van der Waals surface area contributed by atoms with Gasteiger partial charge in [-0.3, -0.25) is 0 Å². The lowest BCUT2D eigenvalue weighted by Crippen LogP contribution is -2.43. The van der Waals surface area contributed by atoms with Crippen molar-refractivity contribution in [3.05, 3.63) is 89.0 Å². The van der Waals surface area contributed by atoms with Crippen molar-refractivity contribution < 1.29 is 9.47 Å². The molecule has 164 valence electrons. The minimum absolute atomic E-state index is 0.0412. The van der Waals surface area contributed by atoms with Crippen molar-refractivity contribution in [1.29, 1.82) is 5.26 Å². The Morgan fingerprint density at radius 1 is 0.969 bits per heavy atom. The fourth-order valence-electron chi connectivity index (χ4n) is 4.72. The molecule has 0 saturated carbocycles. The number of nitrogens with one attached hydrogen (secondary N) is 1. The highest BCUT2D eigenvalue weighted by atomic mass is 16.5.